The first-order chi connectivity index (χ1) is 25.0. The average Bonchev–Trinajstić information content (AvgIpc) is 3.13. The molecule has 0 aromatic heterocycles. The minimum Gasteiger partial charge on any atom is -0.466 e. The van der Waals surface area contributed by atoms with Crippen LogP contribution in [0, 0.1) is 11.8 Å². The lowest BCUT2D eigenvalue weighted by atomic mass is 9.86. The van der Waals surface area contributed by atoms with E-state index in [9.17, 15) is 14.4 Å². The molecule has 300 valence electrons. The van der Waals surface area contributed by atoms with Gasteiger partial charge >= 0.3 is 11.9 Å². The Balaban J connectivity index is 2.12. The van der Waals surface area contributed by atoms with Crippen molar-refractivity contribution in [2.24, 2.45) is 11.8 Å². The van der Waals surface area contributed by atoms with Gasteiger partial charge in [0, 0.05) is 31.4 Å². The van der Waals surface area contributed by atoms with Crippen molar-refractivity contribution in [1.29, 1.82) is 0 Å². The first-order valence-corrected chi connectivity index (χ1v) is 23.6. The van der Waals surface area contributed by atoms with Crippen LogP contribution in [-0.4, -0.2) is 41.9 Å². The molecule has 2 unspecified atom stereocenters. The summed E-state index contributed by atoms with van der Waals surface area (Å²) in [6, 6.07) is 0. The molecule has 1 aliphatic rings. The minimum absolute atomic E-state index is 0.0110. The number of Topliss-reactive ketones (excluding diaryl/α,β-unsaturated/α-hetero) is 1. The van der Waals surface area contributed by atoms with Gasteiger partial charge in [0.25, 0.3) is 0 Å². The van der Waals surface area contributed by atoms with Gasteiger partial charge in [-0.15, -0.1) is 0 Å². The van der Waals surface area contributed by atoms with Gasteiger partial charge in [0.15, 0.2) is 0 Å². The van der Waals surface area contributed by atoms with Crippen LogP contribution in [0.25, 0.3) is 0 Å². The first-order valence-electron chi connectivity index (χ1n) is 22.4. The summed E-state index contributed by atoms with van der Waals surface area (Å²) in [5, 5.41) is 0. The smallest absolute Gasteiger partial charge is 0.306 e. The van der Waals surface area contributed by atoms with Crippen molar-refractivity contribution in [2.45, 2.75) is 239 Å². The zero-order valence-corrected chi connectivity index (χ0v) is 35.0. The van der Waals surface area contributed by atoms with Crippen LogP contribution in [0.1, 0.15) is 233 Å². The third-order valence-electron chi connectivity index (χ3n) is 11.0. The summed E-state index contributed by atoms with van der Waals surface area (Å²) in [5.74, 6) is 3.51. The maximum absolute atomic E-state index is 12.6. The van der Waals surface area contributed by atoms with Gasteiger partial charge in [-0.25, -0.2) is 0 Å². The van der Waals surface area contributed by atoms with Crippen molar-refractivity contribution in [3.05, 3.63) is 0 Å². The molecule has 6 heteroatoms. The molecule has 0 N–H and O–H groups in total. The number of hydrogen-bond acceptors (Lipinski definition) is 6. The number of unbranched alkanes of at least 4 members (excludes halogenated alkanes) is 15. The fourth-order valence-corrected chi connectivity index (χ4v) is 8.64. The Morgan fingerprint density at radius 2 is 1.14 bits per heavy atom. The van der Waals surface area contributed by atoms with E-state index in [1.807, 2.05) is 11.8 Å². The highest BCUT2D eigenvalue weighted by Gasteiger charge is 2.19. The Labute approximate surface area is 321 Å². The van der Waals surface area contributed by atoms with Crippen LogP contribution < -0.4 is 0 Å². The first kappa shape index (κ1) is 48.0. The third-order valence-corrected chi connectivity index (χ3v) is 12.1. The molecule has 1 rings (SSSR count). The van der Waals surface area contributed by atoms with Crippen molar-refractivity contribution in [3.8, 4) is 0 Å². The molecule has 1 fully saturated rings. The molecule has 0 aromatic carbocycles. The van der Waals surface area contributed by atoms with E-state index >= 15 is 0 Å². The topological polar surface area (TPSA) is 69.7 Å². The quantitative estimate of drug-likeness (QED) is 0.0467. The molecule has 2 atom stereocenters. The number of rotatable bonds is 37. The fourth-order valence-electron chi connectivity index (χ4n) is 7.56. The summed E-state index contributed by atoms with van der Waals surface area (Å²) in [6.45, 7) is 7.23. The Morgan fingerprint density at radius 1 is 0.588 bits per heavy atom. The SMILES string of the molecule is CCCCCCCCC(CCCCCC)CC(=O)OCCCCCC(=O)CCCCCSCC(CCCCCC)OC(=O)CCC1CCCCC1. The highest BCUT2D eigenvalue weighted by Crippen LogP contribution is 2.28. The molecule has 0 aromatic rings. The van der Waals surface area contributed by atoms with Gasteiger partial charge in [-0.2, -0.15) is 11.8 Å². The maximum atomic E-state index is 12.6. The molecule has 51 heavy (non-hydrogen) atoms. The van der Waals surface area contributed by atoms with Crippen molar-refractivity contribution in [3.63, 3.8) is 0 Å². The minimum atomic E-state index is -0.0240. The lowest BCUT2D eigenvalue weighted by molar-refractivity contribution is -0.149. The summed E-state index contributed by atoms with van der Waals surface area (Å²) in [5.41, 5.74) is 0. The van der Waals surface area contributed by atoms with Crippen molar-refractivity contribution in [1.82, 2.24) is 0 Å². The van der Waals surface area contributed by atoms with Crippen molar-refractivity contribution >= 4 is 29.5 Å². The van der Waals surface area contributed by atoms with Crippen LogP contribution in [-0.2, 0) is 23.9 Å². The van der Waals surface area contributed by atoms with E-state index in [1.54, 1.807) is 0 Å². The Morgan fingerprint density at radius 3 is 1.78 bits per heavy atom. The van der Waals surface area contributed by atoms with Crippen LogP contribution in [0.2, 0.25) is 0 Å². The van der Waals surface area contributed by atoms with Crippen molar-refractivity contribution in [2.75, 3.05) is 18.1 Å². The van der Waals surface area contributed by atoms with Crippen molar-refractivity contribution < 1.29 is 23.9 Å². The maximum Gasteiger partial charge on any atom is 0.306 e. The molecular weight excluding hydrogens is 653 g/mol. The molecule has 0 saturated heterocycles. The predicted octanol–water partition coefficient (Wildman–Crippen LogP) is 13.9. The predicted molar refractivity (Wildman–Crippen MR) is 220 cm³/mol. The number of carbonyl (C=O) groups excluding carboxylic acids is 3. The Bertz CT molecular complexity index is 810. The standard InChI is InChI=1S/C45H84O5S/c1-4-7-10-13-14-19-30-41(29-18-11-8-5-2)38-45(48)49-36-25-16-22-31-42(46)32-23-17-26-37-51-39-43(33-24-12-9-6-3)50-44(47)35-34-40-27-20-15-21-28-40/h40-41,43H,4-39H2,1-3H3. The summed E-state index contributed by atoms with van der Waals surface area (Å²) >= 11 is 1.91. The molecule has 0 spiro atoms. The second-order valence-corrected chi connectivity index (χ2v) is 17.1. The van der Waals surface area contributed by atoms with E-state index in [0.717, 1.165) is 88.1 Å². The Hall–Kier alpha value is -1.04. The molecule has 0 bridgehead atoms. The number of hydrogen-bond donors (Lipinski definition) is 0. The lowest BCUT2D eigenvalue weighted by Crippen LogP contribution is -2.21. The molecule has 1 saturated carbocycles. The van der Waals surface area contributed by atoms with Crippen LogP contribution >= 0.6 is 11.8 Å². The van der Waals surface area contributed by atoms with E-state index in [-0.39, 0.29) is 18.0 Å². The molecule has 0 radical (unpaired) electrons. The van der Waals surface area contributed by atoms with Crippen LogP contribution in [0.4, 0.5) is 0 Å². The number of ketones is 1. The monoisotopic (exact) mass is 737 g/mol. The number of esters is 2. The second-order valence-electron chi connectivity index (χ2n) is 15.9. The molecule has 5 nitrogen and oxygen atoms in total. The van der Waals surface area contributed by atoms with E-state index in [4.69, 9.17) is 9.47 Å². The van der Waals surface area contributed by atoms with Gasteiger partial charge in [0.1, 0.15) is 11.9 Å². The number of ether oxygens (including phenoxy) is 2. The largest absolute Gasteiger partial charge is 0.466 e. The van der Waals surface area contributed by atoms with Gasteiger partial charge < -0.3 is 9.47 Å². The lowest BCUT2D eigenvalue weighted by Gasteiger charge is -2.22. The number of thioether (sulfide) groups is 1. The normalized spacial score (nSPS) is 14.7. The molecule has 0 aliphatic heterocycles. The zero-order chi connectivity index (χ0) is 37.0. The van der Waals surface area contributed by atoms with E-state index in [2.05, 4.69) is 20.8 Å². The summed E-state index contributed by atoms with van der Waals surface area (Å²) < 4.78 is 11.6. The summed E-state index contributed by atoms with van der Waals surface area (Å²) in [7, 11) is 0. The second kappa shape index (κ2) is 36.0. The van der Waals surface area contributed by atoms with E-state index in [1.165, 1.54) is 116 Å². The van der Waals surface area contributed by atoms with Gasteiger partial charge in [0.05, 0.1) is 6.61 Å². The van der Waals surface area contributed by atoms with E-state index in [0.29, 0.717) is 44.0 Å². The summed E-state index contributed by atoms with van der Waals surface area (Å²) in [6.07, 6.45) is 36.9. The van der Waals surface area contributed by atoms with E-state index < -0.39 is 0 Å². The molecule has 0 amide bonds. The summed E-state index contributed by atoms with van der Waals surface area (Å²) in [4.78, 5) is 37.7. The highest BCUT2D eigenvalue weighted by atomic mass is 32.2. The van der Waals surface area contributed by atoms with Gasteiger partial charge in [-0.05, 0) is 81.8 Å². The molecule has 0 heterocycles. The highest BCUT2D eigenvalue weighted by molar-refractivity contribution is 7.99. The van der Waals surface area contributed by atoms with Gasteiger partial charge in [0.2, 0.25) is 0 Å². The van der Waals surface area contributed by atoms with Crippen LogP contribution in [0.3, 0.4) is 0 Å². The third kappa shape index (κ3) is 31.1. The fraction of sp³-hybridized carbons (Fsp3) is 0.933. The molecule has 1 aliphatic carbocycles. The number of carbonyl (C=O) groups is 3. The Kier molecular flexibility index (Phi) is 33.8. The average molecular weight is 737 g/mol. The van der Waals surface area contributed by atoms with Gasteiger partial charge in [-0.3, -0.25) is 14.4 Å². The van der Waals surface area contributed by atoms with Crippen LogP contribution in [0.15, 0.2) is 0 Å². The zero-order valence-electron chi connectivity index (χ0n) is 34.1. The molecular formula is C45H84O5S. The van der Waals surface area contributed by atoms with Crippen LogP contribution in [0.5, 0.6) is 0 Å². The van der Waals surface area contributed by atoms with Gasteiger partial charge in [-0.1, -0.05) is 143 Å².